The van der Waals surface area contributed by atoms with Gasteiger partial charge in [-0.1, -0.05) is 12.1 Å². The molecule has 0 saturated carbocycles. The molecule has 1 aromatic rings. The van der Waals surface area contributed by atoms with Gasteiger partial charge in [0, 0.05) is 6.54 Å². The SMILES string of the molecule is CNCc1cccc(S(=O)(=O)CF)c1. The van der Waals surface area contributed by atoms with Crippen molar-refractivity contribution < 1.29 is 12.8 Å². The van der Waals surface area contributed by atoms with E-state index in [1.807, 2.05) is 0 Å². The van der Waals surface area contributed by atoms with Crippen molar-refractivity contribution in [2.45, 2.75) is 11.4 Å². The molecule has 0 spiro atoms. The minimum Gasteiger partial charge on any atom is -0.316 e. The smallest absolute Gasteiger partial charge is 0.207 e. The van der Waals surface area contributed by atoms with Gasteiger partial charge in [0.2, 0.25) is 9.84 Å². The first-order valence-corrected chi connectivity index (χ1v) is 5.77. The lowest BCUT2D eigenvalue weighted by atomic mass is 10.2. The Morgan fingerprint density at radius 2 is 2.14 bits per heavy atom. The van der Waals surface area contributed by atoms with Crippen LogP contribution in [0.4, 0.5) is 4.39 Å². The van der Waals surface area contributed by atoms with Gasteiger partial charge in [-0.15, -0.1) is 0 Å². The second-order valence-corrected chi connectivity index (χ2v) is 4.82. The van der Waals surface area contributed by atoms with Crippen LogP contribution >= 0.6 is 0 Å². The van der Waals surface area contributed by atoms with Crippen LogP contribution in [0.3, 0.4) is 0 Å². The Morgan fingerprint density at radius 3 is 2.71 bits per heavy atom. The highest BCUT2D eigenvalue weighted by molar-refractivity contribution is 7.91. The van der Waals surface area contributed by atoms with E-state index in [1.54, 1.807) is 19.2 Å². The summed E-state index contributed by atoms with van der Waals surface area (Å²) in [5, 5.41) is 2.89. The third-order valence-electron chi connectivity index (χ3n) is 1.78. The Labute approximate surface area is 82.9 Å². The summed E-state index contributed by atoms with van der Waals surface area (Å²) in [6.45, 7) is 0.565. The molecule has 0 amide bonds. The zero-order chi connectivity index (χ0) is 10.6. The van der Waals surface area contributed by atoms with E-state index in [9.17, 15) is 12.8 Å². The highest BCUT2D eigenvalue weighted by Gasteiger charge is 2.13. The Bertz CT molecular complexity index is 403. The molecule has 0 atom stereocenters. The summed E-state index contributed by atoms with van der Waals surface area (Å²) in [5.74, 6) is 0. The van der Waals surface area contributed by atoms with E-state index < -0.39 is 15.8 Å². The number of sulfone groups is 1. The summed E-state index contributed by atoms with van der Waals surface area (Å²) >= 11 is 0. The van der Waals surface area contributed by atoms with Gasteiger partial charge in [0.15, 0.2) is 6.01 Å². The van der Waals surface area contributed by atoms with Crippen LogP contribution in [0.25, 0.3) is 0 Å². The van der Waals surface area contributed by atoms with Crippen LogP contribution in [0, 0.1) is 0 Å². The molecule has 14 heavy (non-hydrogen) atoms. The summed E-state index contributed by atoms with van der Waals surface area (Å²) < 4.78 is 34.5. The average molecular weight is 217 g/mol. The minimum atomic E-state index is -3.73. The molecule has 0 unspecified atom stereocenters. The Balaban J connectivity index is 3.06. The normalized spacial score (nSPS) is 11.6. The van der Waals surface area contributed by atoms with Crippen LogP contribution in [-0.4, -0.2) is 21.5 Å². The zero-order valence-corrected chi connectivity index (χ0v) is 8.64. The van der Waals surface area contributed by atoms with Crippen molar-refractivity contribution in [3.8, 4) is 0 Å². The summed E-state index contributed by atoms with van der Waals surface area (Å²) in [6, 6.07) is 4.92. The number of alkyl halides is 1. The van der Waals surface area contributed by atoms with Crippen molar-refractivity contribution >= 4 is 9.84 Å². The maximum atomic E-state index is 12.2. The Morgan fingerprint density at radius 1 is 1.43 bits per heavy atom. The standard InChI is InChI=1S/C9H12FNO2S/c1-11-6-8-3-2-4-9(5-8)14(12,13)7-10/h2-5,11H,6-7H2,1H3. The molecule has 0 bridgehead atoms. The monoisotopic (exact) mass is 217 g/mol. The predicted octanol–water partition coefficient (Wildman–Crippen LogP) is 1.11. The lowest BCUT2D eigenvalue weighted by Crippen LogP contribution is -2.07. The number of hydrogen-bond acceptors (Lipinski definition) is 3. The van der Waals surface area contributed by atoms with Gasteiger partial charge in [0.25, 0.3) is 0 Å². The van der Waals surface area contributed by atoms with Gasteiger partial charge in [0.05, 0.1) is 4.90 Å². The van der Waals surface area contributed by atoms with Crippen LogP contribution in [0.15, 0.2) is 29.2 Å². The Kier molecular flexibility index (Phi) is 3.60. The third kappa shape index (κ3) is 2.52. The molecule has 0 radical (unpaired) electrons. The summed E-state index contributed by atoms with van der Waals surface area (Å²) in [7, 11) is -1.97. The largest absolute Gasteiger partial charge is 0.316 e. The van der Waals surface area contributed by atoms with Crippen LogP contribution in [0.2, 0.25) is 0 Å². The number of rotatable bonds is 4. The summed E-state index contributed by atoms with van der Waals surface area (Å²) in [5.41, 5.74) is 0.821. The fraction of sp³-hybridized carbons (Fsp3) is 0.333. The van der Waals surface area contributed by atoms with E-state index in [0.29, 0.717) is 6.54 Å². The fourth-order valence-electron chi connectivity index (χ4n) is 1.12. The van der Waals surface area contributed by atoms with Gasteiger partial charge in [-0.25, -0.2) is 12.8 Å². The molecule has 0 aliphatic heterocycles. The second-order valence-electron chi connectivity index (χ2n) is 2.90. The minimum absolute atomic E-state index is 0.0350. The van der Waals surface area contributed by atoms with E-state index in [1.165, 1.54) is 12.1 Å². The number of hydrogen-bond donors (Lipinski definition) is 1. The van der Waals surface area contributed by atoms with E-state index >= 15 is 0 Å². The first-order valence-electron chi connectivity index (χ1n) is 4.12. The third-order valence-corrected chi connectivity index (χ3v) is 3.04. The lowest BCUT2D eigenvalue weighted by molar-refractivity contribution is 0.534. The topological polar surface area (TPSA) is 46.2 Å². The van der Waals surface area contributed by atoms with E-state index in [4.69, 9.17) is 0 Å². The molecule has 3 nitrogen and oxygen atoms in total. The molecular weight excluding hydrogens is 205 g/mol. The van der Waals surface area contributed by atoms with Gasteiger partial charge in [-0.2, -0.15) is 0 Å². The van der Waals surface area contributed by atoms with Crippen molar-refractivity contribution in [2.75, 3.05) is 13.1 Å². The van der Waals surface area contributed by atoms with Gasteiger partial charge < -0.3 is 5.32 Å². The van der Waals surface area contributed by atoms with Crippen molar-refractivity contribution in [1.29, 1.82) is 0 Å². The molecule has 5 heteroatoms. The Hall–Kier alpha value is -0.940. The quantitative estimate of drug-likeness (QED) is 0.821. The number of nitrogens with one attached hydrogen (secondary N) is 1. The highest BCUT2D eigenvalue weighted by atomic mass is 32.2. The number of halogens is 1. The van der Waals surface area contributed by atoms with Crippen LogP contribution < -0.4 is 5.32 Å². The lowest BCUT2D eigenvalue weighted by Gasteiger charge is -2.03. The molecule has 0 aliphatic rings. The van der Waals surface area contributed by atoms with E-state index in [-0.39, 0.29) is 4.90 Å². The number of benzene rings is 1. The molecule has 0 heterocycles. The van der Waals surface area contributed by atoms with Gasteiger partial charge >= 0.3 is 0 Å². The molecule has 0 aliphatic carbocycles. The van der Waals surface area contributed by atoms with Gasteiger partial charge in [-0.3, -0.25) is 0 Å². The van der Waals surface area contributed by atoms with Crippen molar-refractivity contribution in [3.63, 3.8) is 0 Å². The van der Waals surface area contributed by atoms with Crippen LogP contribution in [0.1, 0.15) is 5.56 Å². The van der Waals surface area contributed by atoms with Crippen LogP contribution in [-0.2, 0) is 16.4 Å². The first-order chi connectivity index (χ1) is 6.60. The molecule has 0 saturated heterocycles. The van der Waals surface area contributed by atoms with Gasteiger partial charge in [0.1, 0.15) is 0 Å². The fourth-order valence-corrected chi connectivity index (χ4v) is 1.86. The summed E-state index contributed by atoms with van der Waals surface area (Å²) in [4.78, 5) is 0.0350. The molecule has 1 N–H and O–H groups in total. The van der Waals surface area contributed by atoms with Crippen LogP contribution in [0.5, 0.6) is 0 Å². The maximum Gasteiger partial charge on any atom is 0.207 e. The molecule has 78 valence electrons. The molecule has 1 aromatic carbocycles. The van der Waals surface area contributed by atoms with Crippen molar-refractivity contribution in [3.05, 3.63) is 29.8 Å². The summed E-state index contributed by atoms with van der Waals surface area (Å²) in [6.07, 6.45) is 0. The molecular formula is C9H12FNO2S. The molecule has 0 aromatic heterocycles. The zero-order valence-electron chi connectivity index (χ0n) is 7.83. The molecule has 1 rings (SSSR count). The van der Waals surface area contributed by atoms with Crippen molar-refractivity contribution in [2.24, 2.45) is 0 Å². The first kappa shape index (κ1) is 11.1. The van der Waals surface area contributed by atoms with Gasteiger partial charge in [-0.05, 0) is 24.7 Å². The molecule has 0 fully saturated rings. The highest BCUT2D eigenvalue weighted by Crippen LogP contribution is 2.13. The van der Waals surface area contributed by atoms with E-state index in [2.05, 4.69) is 5.32 Å². The average Bonchev–Trinajstić information content (AvgIpc) is 2.19. The van der Waals surface area contributed by atoms with Crippen molar-refractivity contribution in [1.82, 2.24) is 5.32 Å². The second kappa shape index (κ2) is 4.52. The van der Waals surface area contributed by atoms with E-state index in [0.717, 1.165) is 5.56 Å². The predicted molar refractivity (Wildman–Crippen MR) is 52.4 cm³/mol. The maximum absolute atomic E-state index is 12.2.